The lowest BCUT2D eigenvalue weighted by atomic mass is 9.66. The van der Waals surface area contributed by atoms with E-state index in [1.54, 1.807) is 7.11 Å². The SMILES string of the molecule is COc1ccc(CC(Cl)C2CCC3CCCCC3C2)cc1. The maximum atomic E-state index is 6.77. The number of fused-ring (bicyclic) bond motifs is 1. The highest BCUT2D eigenvalue weighted by Crippen LogP contribution is 2.44. The molecule has 4 unspecified atom stereocenters. The molecule has 1 aromatic carbocycles. The monoisotopic (exact) mass is 306 g/mol. The largest absolute Gasteiger partial charge is 0.497 e. The van der Waals surface area contributed by atoms with E-state index in [4.69, 9.17) is 16.3 Å². The molecule has 0 N–H and O–H groups in total. The quantitative estimate of drug-likeness (QED) is 0.672. The van der Waals surface area contributed by atoms with Crippen LogP contribution >= 0.6 is 11.6 Å². The fraction of sp³-hybridized carbons (Fsp3) is 0.684. The van der Waals surface area contributed by atoms with E-state index in [0.29, 0.717) is 11.3 Å². The summed E-state index contributed by atoms with van der Waals surface area (Å²) < 4.78 is 5.22. The summed E-state index contributed by atoms with van der Waals surface area (Å²) in [5.74, 6) is 3.62. The van der Waals surface area contributed by atoms with Crippen LogP contribution in [-0.4, -0.2) is 12.5 Å². The molecular formula is C19H27ClO. The minimum atomic E-state index is 0.293. The molecule has 0 heterocycles. The molecule has 1 nitrogen and oxygen atoms in total. The van der Waals surface area contributed by atoms with Crippen molar-refractivity contribution in [1.82, 2.24) is 0 Å². The zero-order valence-corrected chi connectivity index (χ0v) is 13.8. The minimum absolute atomic E-state index is 0.293. The summed E-state index contributed by atoms with van der Waals surface area (Å²) in [6, 6.07) is 8.38. The van der Waals surface area contributed by atoms with Crippen molar-refractivity contribution in [3.8, 4) is 5.75 Å². The molecule has 0 aromatic heterocycles. The van der Waals surface area contributed by atoms with Gasteiger partial charge in [0.15, 0.2) is 0 Å². The van der Waals surface area contributed by atoms with E-state index in [0.717, 1.165) is 24.0 Å². The Morgan fingerprint density at radius 1 is 1.05 bits per heavy atom. The van der Waals surface area contributed by atoms with Gasteiger partial charge in [0.2, 0.25) is 0 Å². The average Bonchev–Trinajstić information content (AvgIpc) is 2.55. The van der Waals surface area contributed by atoms with Crippen molar-refractivity contribution in [2.75, 3.05) is 7.11 Å². The van der Waals surface area contributed by atoms with Gasteiger partial charge in [-0.3, -0.25) is 0 Å². The molecule has 0 bridgehead atoms. The van der Waals surface area contributed by atoms with Crippen LogP contribution in [-0.2, 0) is 6.42 Å². The first-order valence-electron chi connectivity index (χ1n) is 8.53. The van der Waals surface area contributed by atoms with Crippen LogP contribution < -0.4 is 4.74 Å². The zero-order chi connectivity index (χ0) is 14.7. The molecule has 0 aliphatic heterocycles. The van der Waals surface area contributed by atoms with Gasteiger partial charge >= 0.3 is 0 Å². The fourth-order valence-electron chi connectivity index (χ4n) is 4.39. The normalized spacial score (nSPS) is 30.5. The second kappa shape index (κ2) is 7.05. The molecular weight excluding hydrogens is 280 g/mol. The summed E-state index contributed by atoms with van der Waals surface area (Å²) in [4.78, 5) is 0. The molecule has 0 amide bonds. The number of benzene rings is 1. The molecule has 0 spiro atoms. The summed E-state index contributed by atoms with van der Waals surface area (Å²) in [7, 11) is 1.71. The van der Waals surface area contributed by atoms with Crippen molar-refractivity contribution in [2.45, 2.75) is 56.7 Å². The average molecular weight is 307 g/mol. The maximum Gasteiger partial charge on any atom is 0.118 e. The number of hydrogen-bond acceptors (Lipinski definition) is 1. The molecule has 2 aliphatic carbocycles. The third kappa shape index (κ3) is 3.74. The van der Waals surface area contributed by atoms with Crippen molar-refractivity contribution in [2.24, 2.45) is 17.8 Å². The van der Waals surface area contributed by atoms with Crippen LogP contribution in [0, 0.1) is 17.8 Å². The van der Waals surface area contributed by atoms with Gasteiger partial charge in [-0.25, -0.2) is 0 Å². The molecule has 2 aliphatic rings. The van der Waals surface area contributed by atoms with Crippen molar-refractivity contribution >= 4 is 11.6 Å². The molecule has 0 radical (unpaired) electrons. The molecule has 2 fully saturated rings. The number of methoxy groups -OCH3 is 1. The highest BCUT2D eigenvalue weighted by atomic mass is 35.5. The lowest BCUT2D eigenvalue weighted by molar-refractivity contribution is 0.127. The van der Waals surface area contributed by atoms with E-state index < -0.39 is 0 Å². The topological polar surface area (TPSA) is 9.23 Å². The first kappa shape index (κ1) is 15.2. The molecule has 4 atom stereocenters. The lowest BCUT2D eigenvalue weighted by Crippen LogP contribution is -2.32. The summed E-state index contributed by atoms with van der Waals surface area (Å²) in [5.41, 5.74) is 1.33. The third-order valence-corrected chi connectivity index (χ3v) is 6.19. The zero-order valence-electron chi connectivity index (χ0n) is 13.1. The molecule has 2 heteroatoms. The van der Waals surface area contributed by atoms with Gasteiger partial charge < -0.3 is 4.74 Å². The van der Waals surface area contributed by atoms with Crippen LogP contribution in [0.15, 0.2) is 24.3 Å². The predicted octanol–water partition coefficient (Wildman–Crippen LogP) is 5.45. The number of alkyl halides is 1. The van der Waals surface area contributed by atoms with E-state index in [9.17, 15) is 0 Å². The van der Waals surface area contributed by atoms with Gasteiger partial charge in [-0.05, 0) is 61.1 Å². The van der Waals surface area contributed by atoms with Gasteiger partial charge in [-0.15, -0.1) is 11.6 Å². The van der Waals surface area contributed by atoms with Crippen molar-refractivity contribution in [1.29, 1.82) is 0 Å². The highest BCUT2D eigenvalue weighted by molar-refractivity contribution is 6.20. The summed E-state index contributed by atoms with van der Waals surface area (Å²) >= 11 is 6.77. The van der Waals surface area contributed by atoms with E-state index in [1.165, 1.54) is 50.5 Å². The summed E-state index contributed by atoms with van der Waals surface area (Å²) in [6.07, 6.45) is 11.0. The Kier molecular flexibility index (Phi) is 5.11. The number of hydrogen-bond donors (Lipinski definition) is 0. The van der Waals surface area contributed by atoms with E-state index in [2.05, 4.69) is 12.1 Å². The van der Waals surface area contributed by atoms with Crippen LogP contribution in [0.3, 0.4) is 0 Å². The van der Waals surface area contributed by atoms with Crippen LogP contribution in [0.5, 0.6) is 5.75 Å². The smallest absolute Gasteiger partial charge is 0.118 e. The summed E-state index contributed by atoms with van der Waals surface area (Å²) in [6.45, 7) is 0. The van der Waals surface area contributed by atoms with E-state index >= 15 is 0 Å². The fourth-order valence-corrected chi connectivity index (χ4v) is 4.80. The Labute approximate surface area is 134 Å². The van der Waals surface area contributed by atoms with Gasteiger partial charge in [-0.2, -0.15) is 0 Å². The lowest BCUT2D eigenvalue weighted by Gasteiger charge is -2.40. The number of halogens is 1. The van der Waals surface area contributed by atoms with Crippen LogP contribution in [0.4, 0.5) is 0 Å². The van der Waals surface area contributed by atoms with Crippen molar-refractivity contribution in [3.63, 3.8) is 0 Å². The van der Waals surface area contributed by atoms with Gasteiger partial charge in [0.05, 0.1) is 7.11 Å². The third-order valence-electron chi connectivity index (χ3n) is 5.68. The number of ether oxygens (including phenoxy) is 1. The standard InChI is InChI=1S/C19H27ClO/c1-21-18-10-6-14(7-11-18)12-19(20)17-9-8-15-4-2-3-5-16(15)13-17/h6-7,10-11,15-17,19H,2-5,8-9,12-13H2,1H3. The Bertz CT molecular complexity index is 441. The molecule has 3 rings (SSSR count). The first-order chi connectivity index (χ1) is 10.3. The van der Waals surface area contributed by atoms with Crippen molar-refractivity contribution < 1.29 is 4.74 Å². The Morgan fingerprint density at radius 3 is 2.48 bits per heavy atom. The van der Waals surface area contributed by atoms with Crippen LogP contribution in [0.1, 0.15) is 50.5 Å². The maximum absolute atomic E-state index is 6.77. The summed E-state index contributed by atoms with van der Waals surface area (Å²) in [5, 5.41) is 0.293. The molecule has 2 saturated carbocycles. The van der Waals surface area contributed by atoms with Gasteiger partial charge in [0.1, 0.15) is 5.75 Å². The van der Waals surface area contributed by atoms with Gasteiger partial charge in [0, 0.05) is 5.38 Å². The van der Waals surface area contributed by atoms with E-state index in [-0.39, 0.29) is 0 Å². The van der Waals surface area contributed by atoms with E-state index in [1.807, 2.05) is 12.1 Å². The molecule has 1 aromatic rings. The van der Waals surface area contributed by atoms with Gasteiger partial charge in [0.25, 0.3) is 0 Å². The molecule has 0 saturated heterocycles. The Balaban J connectivity index is 1.56. The van der Waals surface area contributed by atoms with Crippen LogP contribution in [0.25, 0.3) is 0 Å². The Morgan fingerprint density at radius 2 is 1.76 bits per heavy atom. The highest BCUT2D eigenvalue weighted by Gasteiger charge is 2.34. The number of rotatable bonds is 4. The van der Waals surface area contributed by atoms with Crippen LogP contribution in [0.2, 0.25) is 0 Å². The first-order valence-corrected chi connectivity index (χ1v) is 8.97. The minimum Gasteiger partial charge on any atom is -0.497 e. The van der Waals surface area contributed by atoms with Gasteiger partial charge in [-0.1, -0.05) is 37.8 Å². The van der Waals surface area contributed by atoms with Crippen molar-refractivity contribution in [3.05, 3.63) is 29.8 Å². The second-order valence-corrected chi connectivity index (χ2v) is 7.51. The predicted molar refractivity (Wildman–Crippen MR) is 89.1 cm³/mol. The second-order valence-electron chi connectivity index (χ2n) is 6.95. The Hall–Kier alpha value is -0.690. The molecule has 21 heavy (non-hydrogen) atoms. The molecule has 116 valence electrons.